The number of nitrogens with zero attached hydrogens (tertiary/aromatic N) is 2. The number of hydrogen-bond acceptors (Lipinski definition) is 2. The summed E-state index contributed by atoms with van der Waals surface area (Å²) in [6.45, 7) is 0.754. The Morgan fingerprint density at radius 2 is 2.21 bits per heavy atom. The molecule has 7 heteroatoms. The first kappa shape index (κ1) is 13.7. The molecule has 0 fully saturated rings. The highest BCUT2D eigenvalue weighted by Gasteiger charge is 2.11. The molecule has 0 spiro atoms. The van der Waals surface area contributed by atoms with Crippen LogP contribution >= 0.6 is 15.9 Å². The van der Waals surface area contributed by atoms with Crippen LogP contribution in [0.4, 0.5) is 8.78 Å². The molecule has 0 radical (unpaired) electrons. The number of halogens is 3. The van der Waals surface area contributed by atoms with Crippen molar-refractivity contribution in [3.05, 3.63) is 52.3 Å². The first-order valence-corrected chi connectivity index (χ1v) is 6.27. The fraction of sp³-hybridized carbons (Fsp3) is 0.167. The molecule has 2 rings (SSSR count). The van der Waals surface area contributed by atoms with E-state index in [1.807, 2.05) is 0 Å². The highest BCUT2D eigenvalue weighted by molar-refractivity contribution is 9.10. The molecular weight excluding hydrogens is 320 g/mol. The summed E-state index contributed by atoms with van der Waals surface area (Å²) < 4.78 is 28.5. The van der Waals surface area contributed by atoms with E-state index in [1.165, 1.54) is 0 Å². The number of amides is 1. The van der Waals surface area contributed by atoms with E-state index in [4.69, 9.17) is 0 Å². The second-order valence-corrected chi connectivity index (χ2v) is 4.72. The lowest BCUT2D eigenvalue weighted by atomic mass is 10.2. The number of carbonyl (C=O) groups is 1. The average Bonchev–Trinajstić information content (AvgIpc) is 2.75. The van der Waals surface area contributed by atoms with E-state index in [1.54, 1.807) is 17.1 Å². The molecule has 0 saturated heterocycles. The standard InChI is InChI=1S/C12H10BrF2N3O/c13-8-6-17-18(7-8)4-3-16-12(19)10-2-1-9(14)5-11(10)15/h1-2,5-7H,3-4H2,(H,16,19). The summed E-state index contributed by atoms with van der Waals surface area (Å²) in [5.41, 5.74) is -0.178. The van der Waals surface area contributed by atoms with Crippen LogP contribution in [0.15, 0.2) is 35.1 Å². The Balaban J connectivity index is 1.90. The molecule has 0 atom stereocenters. The number of hydrogen-bond donors (Lipinski definition) is 1. The molecule has 0 aliphatic carbocycles. The van der Waals surface area contributed by atoms with Crippen molar-refractivity contribution >= 4 is 21.8 Å². The van der Waals surface area contributed by atoms with Crippen LogP contribution in [-0.4, -0.2) is 22.2 Å². The fourth-order valence-corrected chi connectivity index (χ4v) is 1.84. The van der Waals surface area contributed by atoms with E-state index >= 15 is 0 Å². The Morgan fingerprint density at radius 1 is 1.42 bits per heavy atom. The molecule has 0 unspecified atom stereocenters. The van der Waals surface area contributed by atoms with Gasteiger partial charge in [-0.05, 0) is 28.1 Å². The summed E-state index contributed by atoms with van der Waals surface area (Å²) in [4.78, 5) is 11.7. The van der Waals surface area contributed by atoms with Gasteiger partial charge in [0.05, 0.1) is 22.8 Å². The van der Waals surface area contributed by atoms with Gasteiger partial charge in [0.25, 0.3) is 5.91 Å². The molecule has 100 valence electrons. The van der Waals surface area contributed by atoms with Crippen molar-refractivity contribution in [2.75, 3.05) is 6.54 Å². The van der Waals surface area contributed by atoms with Crippen LogP contribution in [0, 0.1) is 11.6 Å². The van der Waals surface area contributed by atoms with Crippen molar-refractivity contribution < 1.29 is 13.6 Å². The van der Waals surface area contributed by atoms with Gasteiger partial charge in [0.2, 0.25) is 0 Å². The van der Waals surface area contributed by atoms with E-state index in [0.717, 1.165) is 16.6 Å². The van der Waals surface area contributed by atoms with Gasteiger partial charge in [-0.25, -0.2) is 8.78 Å². The van der Waals surface area contributed by atoms with Crippen molar-refractivity contribution in [2.45, 2.75) is 6.54 Å². The molecule has 4 nitrogen and oxygen atoms in total. The highest BCUT2D eigenvalue weighted by atomic mass is 79.9. The van der Waals surface area contributed by atoms with Crippen LogP contribution < -0.4 is 5.32 Å². The van der Waals surface area contributed by atoms with Crippen molar-refractivity contribution in [2.24, 2.45) is 0 Å². The second-order valence-electron chi connectivity index (χ2n) is 3.80. The van der Waals surface area contributed by atoms with Gasteiger partial charge in [-0.15, -0.1) is 0 Å². The number of rotatable bonds is 4. The number of nitrogens with one attached hydrogen (secondary N) is 1. The summed E-state index contributed by atoms with van der Waals surface area (Å²) in [6, 6.07) is 2.84. The predicted molar refractivity (Wildman–Crippen MR) is 68.6 cm³/mol. The van der Waals surface area contributed by atoms with Crippen LogP contribution in [0.5, 0.6) is 0 Å². The highest BCUT2D eigenvalue weighted by Crippen LogP contribution is 2.09. The third-order valence-electron chi connectivity index (χ3n) is 2.40. The van der Waals surface area contributed by atoms with Crippen molar-refractivity contribution in [3.63, 3.8) is 0 Å². The van der Waals surface area contributed by atoms with Gasteiger partial charge < -0.3 is 5.32 Å². The predicted octanol–water partition coefficient (Wildman–Crippen LogP) is 2.35. The van der Waals surface area contributed by atoms with Crippen LogP contribution in [-0.2, 0) is 6.54 Å². The maximum Gasteiger partial charge on any atom is 0.254 e. The van der Waals surface area contributed by atoms with E-state index in [0.29, 0.717) is 19.2 Å². The van der Waals surface area contributed by atoms with Crippen molar-refractivity contribution in [1.29, 1.82) is 0 Å². The monoisotopic (exact) mass is 329 g/mol. The molecule has 1 N–H and O–H groups in total. The van der Waals surface area contributed by atoms with Gasteiger partial charge in [0, 0.05) is 18.8 Å². The molecular formula is C12H10BrF2N3O. The van der Waals surface area contributed by atoms with E-state index in [9.17, 15) is 13.6 Å². The number of aromatic nitrogens is 2. The Morgan fingerprint density at radius 3 is 2.84 bits per heavy atom. The average molecular weight is 330 g/mol. The minimum absolute atomic E-state index is 0.178. The van der Waals surface area contributed by atoms with E-state index < -0.39 is 17.5 Å². The molecule has 0 aliphatic heterocycles. The number of benzene rings is 1. The van der Waals surface area contributed by atoms with Crippen molar-refractivity contribution in [1.82, 2.24) is 15.1 Å². The minimum atomic E-state index is -0.876. The zero-order chi connectivity index (χ0) is 13.8. The lowest BCUT2D eigenvalue weighted by Crippen LogP contribution is -2.28. The van der Waals surface area contributed by atoms with Gasteiger partial charge >= 0.3 is 0 Å². The Kier molecular flexibility index (Phi) is 4.26. The van der Waals surface area contributed by atoms with Gasteiger partial charge in [0.1, 0.15) is 11.6 Å². The first-order valence-electron chi connectivity index (χ1n) is 5.47. The van der Waals surface area contributed by atoms with Crippen LogP contribution in [0.3, 0.4) is 0 Å². The van der Waals surface area contributed by atoms with Gasteiger partial charge in [-0.2, -0.15) is 5.10 Å². The zero-order valence-electron chi connectivity index (χ0n) is 9.74. The van der Waals surface area contributed by atoms with E-state index in [2.05, 4.69) is 26.3 Å². The van der Waals surface area contributed by atoms with Crippen LogP contribution in [0.2, 0.25) is 0 Å². The normalized spacial score (nSPS) is 10.5. The molecule has 19 heavy (non-hydrogen) atoms. The topological polar surface area (TPSA) is 46.9 Å². The summed E-state index contributed by atoms with van der Waals surface area (Å²) in [5.74, 6) is -2.17. The van der Waals surface area contributed by atoms with Crippen LogP contribution in [0.1, 0.15) is 10.4 Å². The fourth-order valence-electron chi connectivity index (χ4n) is 1.51. The molecule has 0 bridgehead atoms. The summed E-state index contributed by atoms with van der Waals surface area (Å²) in [6.07, 6.45) is 3.38. The first-order chi connectivity index (χ1) is 9.06. The lowest BCUT2D eigenvalue weighted by molar-refractivity contribution is 0.0948. The molecule has 1 aromatic carbocycles. The summed E-state index contributed by atoms with van der Waals surface area (Å²) in [7, 11) is 0. The molecule has 2 aromatic rings. The SMILES string of the molecule is O=C(NCCn1cc(Br)cn1)c1ccc(F)cc1F. The maximum absolute atomic E-state index is 13.3. The Hall–Kier alpha value is -1.76. The maximum atomic E-state index is 13.3. The van der Waals surface area contributed by atoms with Crippen LogP contribution in [0.25, 0.3) is 0 Å². The smallest absolute Gasteiger partial charge is 0.254 e. The molecule has 1 aromatic heterocycles. The molecule has 1 amide bonds. The van der Waals surface area contributed by atoms with Gasteiger partial charge in [0.15, 0.2) is 0 Å². The lowest BCUT2D eigenvalue weighted by Gasteiger charge is -2.06. The Labute approximate surface area is 116 Å². The summed E-state index contributed by atoms with van der Waals surface area (Å²) >= 11 is 3.25. The number of carbonyl (C=O) groups excluding carboxylic acids is 1. The van der Waals surface area contributed by atoms with Crippen molar-refractivity contribution in [3.8, 4) is 0 Å². The van der Waals surface area contributed by atoms with Gasteiger partial charge in [-0.3, -0.25) is 9.48 Å². The van der Waals surface area contributed by atoms with E-state index in [-0.39, 0.29) is 5.56 Å². The summed E-state index contributed by atoms with van der Waals surface area (Å²) in [5, 5.41) is 6.55. The molecule has 0 aliphatic rings. The quantitative estimate of drug-likeness (QED) is 0.936. The molecule has 0 saturated carbocycles. The zero-order valence-corrected chi connectivity index (χ0v) is 11.3. The Bertz CT molecular complexity index is 600. The molecule has 1 heterocycles. The minimum Gasteiger partial charge on any atom is -0.350 e. The van der Waals surface area contributed by atoms with Gasteiger partial charge in [-0.1, -0.05) is 0 Å². The third kappa shape index (κ3) is 3.60. The second kappa shape index (κ2) is 5.92. The third-order valence-corrected chi connectivity index (χ3v) is 2.81. The largest absolute Gasteiger partial charge is 0.350 e.